The van der Waals surface area contributed by atoms with Crippen molar-refractivity contribution < 1.29 is 14.1 Å². The summed E-state index contributed by atoms with van der Waals surface area (Å²) in [5, 5.41) is 3.99. The van der Waals surface area contributed by atoms with Crippen molar-refractivity contribution in [2.75, 3.05) is 13.7 Å². The van der Waals surface area contributed by atoms with Gasteiger partial charge in [-0.15, -0.1) is 0 Å². The van der Waals surface area contributed by atoms with E-state index in [1.54, 1.807) is 7.05 Å². The number of ether oxygens (including phenoxy) is 1. The Hall–Kier alpha value is -3.15. The molecule has 2 aromatic carbocycles. The van der Waals surface area contributed by atoms with Gasteiger partial charge in [-0.2, -0.15) is 4.98 Å². The molecule has 0 spiro atoms. The summed E-state index contributed by atoms with van der Waals surface area (Å²) in [6.45, 7) is 6.20. The molecule has 6 heteroatoms. The molecule has 27 heavy (non-hydrogen) atoms. The van der Waals surface area contributed by atoms with E-state index in [0.29, 0.717) is 17.5 Å². The maximum Gasteiger partial charge on any atom is 0.260 e. The lowest BCUT2D eigenvalue weighted by atomic mass is 10.1. The molecule has 0 aliphatic heterocycles. The topological polar surface area (TPSA) is 68.5 Å². The molecule has 1 amide bonds. The Morgan fingerprint density at radius 1 is 1.04 bits per heavy atom. The highest BCUT2D eigenvalue weighted by Gasteiger charge is 2.15. The normalized spacial score (nSPS) is 10.7. The van der Waals surface area contributed by atoms with E-state index in [0.717, 1.165) is 22.3 Å². The third-order valence-electron chi connectivity index (χ3n) is 4.13. The molecule has 0 radical (unpaired) electrons. The van der Waals surface area contributed by atoms with Crippen LogP contribution in [-0.4, -0.2) is 34.6 Å². The minimum Gasteiger partial charge on any atom is -0.484 e. The molecule has 0 N–H and O–H groups in total. The average Bonchev–Trinajstić information content (AvgIpc) is 3.08. The van der Waals surface area contributed by atoms with Crippen LogP contribution in [-0.2, 0) is 11.3 Å². The van der Waals surface area contributed by atoms with E-state index in [1.165, 1.54) is 4.90 Å². The van der Waals surface area contributed by atoms with Crippen LogP contribution in [0.15, 0.2) is 47.0 Å². The minimum absolute atomic E-state index is 0.0433. The molecule has 1 aromatic heterocycles. The molecule has 6 nitrogen and oxygen atoms in total. The first kappa shape index (κ1) is 18.6. The fraction of sp³-hybridized carbons (Fsp3) is 0.286. The van der Waals surface area contributed by atoms with E-state index in [1.807, 2.05) is 57.2 Å². The Morgan fingerprint density at radius 2 is 1.70 bits per heavy atom. The third kappa shape index (κ3) is 4.94. The first-order valence-corrected chi connectivity index (χ1v) is 8.75. The molecule has 0 aliphatic carbocycles. The number of aryl methyl sites for hydroxylation is 3. The number of rotatable bonds is 6. The largest absolute Gasteiger partial charge is 0.484 e. The first-order valence-electron chi connectivity index (χ1n) is 8.75. The molecule has 0 aliphatic rings. The lowest BCUT2D eigenvalue weighted by Gasteiger charge is -2.15. The smallest absolute Gasteiger partial charge is 0.260 e. The number of likely N-dealkylation sites (N-methyl/N-ethyl adjacent to an activating group) is 1. The van der Waals surface area contributed by atoms with Crippen molar-refractivity contribution in [2.45, 2.75) is 27.3 Å². The zero-order valence-corrected chi connectivity index (χ0v) is 16.0. The number of carbonyl (C=O) groups is 1. The van der Waals surface area contributed by atoms with Gasteiger partial charge in [-0.1, -0.05) is 41.1 Å². The summed E-state index contributed by atoms with van der Waals surface area (Å²) in [4.78, 5) is 18.2. The Bertz CT molecular complexity index is 912. The number of aromatic nitrogens is 2. The SMILES string of the molecule is Cc1ccc(-c2noc(CN(C)C(=O)COc3cc(C)cc(C)c3)n2)cc1. The van der Waals surface area contributed by atoms with Gasteiger partial charge in [0.25, 0.3) is 5.91 Å². The molecular formula is C21H23N3O3. The molecule has 0 saturated carbocycles. The number of benzene rings is 2. The van der Waals surface area contributed by atoms with Crippen LogP contribution >= 0.6 is 0 Å². The Labute approximate surface area is 158 Å². The summed E-state index contributed by atoms with van der Waals surface area (Å²) >= 11 is 0. The molecule has 3 aromatic rings. The highest BCUT2D eigenvalue weighted by molar-refractivity contribution is 5.77. The van der Waals surface area contributed by atoms with Gasteiger partial charge >= 0.3 is 0 Å². The van der Waals surface area contributed by atoms with Crippen LogP contribution in [0.25, 0.3) is 11.4 Å². The Balaban J connectivity index is 1.57. The van der Waals surface area contributed by atoms with E-state index in [9.17, 15) is 4.79 Å². The second-order valence-corrected chi connectivity index (χ2v) is 6.74. The quantitative estimate of drug-likeness (QED) is 0.666. The maximum atomic E-state index is 12.3. The fourth-order valence-electron chi connectivity index (χ4n) is 2.70. The van der Waals surface area contributed by atoms with Crippen LogP contribution in [0, 0.1) is 20.8 Å². The van der Waals surface area contributed by atoms with Gasteiger partial charge in [0.15, 0.2) is 6.61 Å². The van der Waals surface area contributed by atoms with E-state index in [-0.39, 0.29) is 19.1 Å². The molecule has 0 unspecified atom stereocenters. The standard InChI is InChI=1S/C21H23N3O3/c1-14-5-7-17(8-6-14)21-22-19(27-23-21)12-24(4)20(25)13-26-18-10-15(2)9-16(3)11-18/h5-11H,12-13H2,1-4H3. The van der Waals surface area contributed by atoms with E-state index >= 15 is 0 Å². The van der Waals surface area contributed by atoms with Crippen LogP contribution in [0.4, 0.5) is 0 Å². The molecular weight excluding hydrogens is 342 g/mol. The van der Waals surface area contributed by atoms with Gasteiger partial charge in [0, 0.05) is 12.6 Å². The highest BCUT2D eigenvalue weighted by atomic mass is 16.5. The lowest BCUT2D eigenvalue weighted by molar-refractivity contribution is -0.132. The third-order valence-corrected chi connectivity index (χ3v) is 4.13. The summed E-state index contributed by atoms with van der Waals surface area (Å²) in [5.41, 5.74) is 4.24. The van der Waals surface area contributed by atoms with Crippen molar-refractivity contribution >= 4 is 5.91 Å². The van der Waals surface area contributed by atoms with Crippen molar-refractivity contribution in [3.8, 4) is 17.1 Å². The van der Waals surface area contributed by atoms with Gasteiger partial charge in [0.05, 0.1) is 6.54 Å². The maximum absolute atomic E-state index is 12.3. The van der Waals surface area contributed by atoms with Crippen LogP contribution < -0.4 is 4.74 Å². The van der Waals surface area contributed by atoms with Crippen LogP contribution in [0.1, 0.15) is 22.6 Å². The Kier molecular flexibility index (Phi) is 5.54. The van der Waals surface area contributed by atoms with Gasteiger partial charge in [-0.25, -0.2) is 0 Å². The number of hydrogen-bond donors (Lipinski definition) is 0. The average molecular weight is 365 g/mol. The summed E-state index contributed by atoms with van der Waals surface area (Å²) < 4.78 is 10.9. The molecule has 1 heterocycles. The molecule has 3 rings (SSSR count). The van der Waals surface area contributed by atoms with Crippen LogP contribution in [0.5, 0.6) is 5.75 Å². The monoisotopic (exact) mass is 365 g/mol. The van der Waals surface area contributed by atoms with Gasteiger partial charge in [-0.05, 0) is 44.0 Å². The van der Waals surface area contributed by atoms with E-state index in [4.69, 9.17) is 9.26 Å². The van der Waals surface area contributed by atoms with Crippen LogP contribution in [0.2, 0.25) is 0 Å². The predicted octanol–water partition coefficient (Wildman–Crippen LogP) is 3.70. The Morgan fingerprint density at radius 3 is 2.37 bits per heavy atom. The first-order chi connectivity index (χ1) is 12.9. The summed E-state index contributed by atoms with van der Waals surface area (Å²) in [7, 11) is 1.68. The molecule has 0 atom stereocenters. The van der Waals surface area contributed by atoms with Crippen molar-refractivity contribution in [1.29, 1.82) is 0 Å². The van der Waals surface area contributed by atoms with Crippen molar-refractivity contribution in [2.24, 2.45) is 0 Å². The van der Waals surface area contributed by atoms with Gasteiger partial charge in [0.1, 0.15) is 5.75 Å². The predicted molar refractivity (Wildman–Crippen MR) is 102 cm³/mol. The number of hydrogen-bond acceptors (Lipinski definition) is 5. The van der Waals surface area contributed by atoms with Crippen LogP contribution in [0.3, 0.4) is 0 Å². The molecule has 140 valence electrons. The van der Waals surface area contributed by atoms with Gasteiger partial charge in [0.2, 0.25) is 11.7 Å². The van der Waals surface area contributed by atoms with E-state index in [2.05, 4.69) is 16.2 Å². The second-order valence-electron chi connectivity index (χ2n) is 6.74. The van der Waals surface area contributed by atoms with Crippen molar-refractivity contribution in [1.82, 2.24) is 15.0 Å². The number of carbonyl (C=O) groups excluding carboxylic acids is 1. The van der Waals surface area contributed by atoms with Gasteiger partial charge in [-0.3, -0.25) is 4.79 Å². The molecule has 0 fully saturated rings. The summed E-state index contributed by atoms with van der Waals surface area (Å²) in [5.74, 6) is 1.42. The zero-order valence-electron chi connectivity index (χ0n) is 16.0. The minimum atomic E-state index is -0.163. The molecule has 0 bridgehead atoms. The van der Waals surface area contributed by atoms with Gasteiger partial charge < -0.3 is 14.2 Å². The lowest BCUT2D eigenvalue weighted by Crippen LogP contribution is -2.31. The summed E-state index contributed by atoms with van der Waals surface area (Å²) in [6.07, 6.45) is 0. The second kappa shape index (κ2) is 8.03. The zero-order chi connectivity index (χ0) is 19.4. The van der Waals surface area contributed by atoms with Crippen molar-refractivity contribution in [3.63, 3.8) is 0 Å². The van der Waals surface area contributed by atoms with E-state index < -0.39 is 0 Å². The van der Waals surface area contributed by atoms with Crippen molar-refractivity contribution in [3.05, 3.63) is 65.0 Å². The number of amides is 1. The fourth-order valence-corrected chi connectivity index (χ4v) is 2.70. The highest BCUT2D eigenvalue weighted by Crippen LogP contribution is 2.18. The summed E-state index contributed by atoms with van der Waals surface area (Å²) in [6, 6.07) is 13.7. The number of nitrogens with zero attached hydrogens (tertiary/aromatic N) is 3. The molecule has 0 saturated heterocycles.